The Bertz CT molecular complexity index is 1080. The fraction of sp³-hybridized carbons (Fsp3) is 0.222. The van der Waals surface area contributed by atoms with Crippen molar-refractivity contribution in [2.24, 2.45) is 0 Å². The molecule has 30 heavy (non-hydrogen) atoms. The van der Waals surface area contributed by atoms with Gasteiger partial charge in [0, 0.05) is 23.1 Å². The number of hydrogen-bond donors (Lipinski definition) is 1. The SMILES string of the molecule is C=CCc1ccc(O)c(C2=CC3(CC=C)c4cc(CC=C)ccc4OC3CC2=O)c1. The van der Waals surface area contributed by atoms with Gasteiger partial charge in [-0.25, -0.2) is 0 Å². The molecule has 0 aromatic heterocycles. The molecule has 0 radical (unpaired) electrons. The minimum atomic E-state index is -0.488. The third-order valence-electron chi connectivity index (χ3n) is 6.06. The number of phenolic OH excluding ortho intramolecular Hbond substituents is 1. The average Bonchev–Trinajstić information content (AvgIpc) is 3.02. The van der Waals surface area contributed by atoms with Crippen molar-refractivity contribution >= 4 is 11.4 Å². The van der Waals surface area contributed by atoms with Crippen LogP contribution in [0.15, 0.2) is 80.4 Å². The molecule has 1 N–H and O–H groups in total. The topological polar surface area (TPSA) is 46.5 Å². The van der Waals surface area contributed by atoms with Crippen LogP contribution in [0.25, 0.3) is 5.57 Å². The molecule has 0 fully saturated rings. The van der Waals surface area contributed by atoms with Crippen molar-refractivity contribution in [3.8, 4) is 11.5 Å². The largest absolute Gasteiger partial charge is 0.507 e. The van der Waals surface area contributed by atoms with E-state index in [1.807, 2.05) is 48.6 Å². The Hall–Kier alpha value is -3.33. The van der Waals surface area contributed by atoms with Crippen LogP contribution < -0.4 is 4.74 Å². The number of carbonyl (C=O) groups is 1. The number of ketones is 1. The van der Waals surface area contributed by atoms with Gasteiger partial charge in [-0.3, -0.25) is 4.79 Å². The highest BCUT2D eigenvalue weighted by atomic mass is 16.5. The number of carbonyl (C=O) groups excluding carboxylic acids is 1. The number of aromatic hydroxyl groups is 1. The molecule has 3 heteroatoms. The maximum absolute atomic E-state index is 13.1. The summed E-state index contributed by atoms with van der Waals surface area (Å²) in [4.78, 5) is 13.1. The van der Waals surface area contributed by atoms with Gasteiger partial charge in [0.05, 0.1) is 5.41 Å². The summed E-state index contributed by atoms with van der Waals surface area (Å²) in [5, 5.41) is 10.6. The van der Waals surface area contributed by atoms with E-state index < -0.39 is 5.41 Å². The zero-order chi connectivity index (χ0) is 21.3. The lowest BCUT2D eigenvalue weighted by atomic mass is 9.67. The van der Waals surface area contributed by atoms with Gasteiger partial charge < -0.3 is 9.84 Å². The van der Waals surface area contributed by atoms with Gasteiger partial charge >= 0.3 is 0 Å². The molecule has 2 aromatic carbocycles. The second kappa shape index (κ2) is 7.83. The van der Waals surface area contributed by atoms with Crippen LogP contribution in [0.4, 0.5) is 0 Å². The Morgan fingerprint density at radius 1 is 1.03 bits per heavy atom. The zero-order valence-electron chi connectivity index (χ0n) is 17.1. The number of allylic oxidation sites excluding steroid dienone is 4. The van der Waals surface area contributed by atoms with Gasteiger partial charge in [0.15, 0.2) is 5.78 Å². The predicted molar refractivity (Wildman–Crippen MR) is 121 cm³/mol. The van der Waals surface area contributed by atoms with E-state index in [-0.39, 0.29) is 24.1 Å². The molecule has 1 aliphatic carbocycles. The van der Waals surface area contributed by atoms with E-state index in [0.717, 1.165) is 28.9 Å². The van der Waals surface area contributed by atoms with E-state index in [4.69, 9.17) is 4.74 Å². The van der Waals surface area contributed by atoms with Crippen LogP contribution in [0, 0.1) is 0 Å². The molecule has 4 rings (SSSR count). The predicted octanol–water partition coefficient (Wildman–Crippen LogP) is 5.48. The van der Waals surface area contributed by atoms with E-state index in [0.29, 0.717) is 24.0 Å². The Labute approximate surface area is 177 Å². The first-order valence-corrected chi connectivity index (χ1v) is 10.2. The second-order valence-corrected chi connectivity index (χ2v) is 7.99. The number of rotatable bonds is 7. The van der Waals surface area contributed by atoms with Crippen molar-refractivity contribution in [3.05, 3.63) is 103 Å². The van der Waals surface area contributed by atoms with Gasteiger partial charge in [-0.15, -0.1) is 19.7 Å². The van der Waals surface area contributed by atoms with Crippen molar-refractivity contribution in [2.75, 3.05) is 0 Å². The molecule has 2 unspecified atom stereocenters. The number of ether oxygens (including phenoxy) is 1. The summed E-state index contributed by atoms with van der Waals surface area (Å²) in [6.07, 6.45) is 9.63. The first-order chi connectivity index (χ1) is 14.5. The second-order valence-electron chi connectivity index (χ2n) is 7.99. The van der Waals surface area contributed by atoms with Gasteiger partial charge in [-0.1, -0.05) is 42.5 Å². The van der Waals surface area contributed by atoms with Gasteiger partial charge in [0.2, 0.25) is 0 Å². The van der Waals surface area contributed by atoms with Crippen LogP contribution in [0.1, 0.15) is 35.1 Å². The van der Waals surface area contributed by atoms with Crippen LogP contribution >= 0.6 is 0 Å². The van der Waals surface area contributed by atoms with Crippen molar-refractivity contribution in [1.82, 2.24) is 0 Å². The maximum Gasteiger partial charge on any atom is 0.167 e. The standard InChI is InChI=1S/C27H26O3/c1-4-7-18-9-11-23(28)20(14-18)21-17-27(13-6-3)22-15-19(8-5-2)10-12-25(22)30-26(27)16-24(21)29/h4-6,9-12,14-15,17,26,28H,1-3,7-8,13,16H2. The van der Waals surface area contributed by atoms with Crippen LogP contribution in [0.2, 0.25) is 0 Å². The monoisotopic (exact) mass is 398 g/mol. The summed E-state index contributed by atoms with van der Waals surface area (Å²) in [5.41, 5.74) is 3.85. The van der Waals surface area contributed by atoms with Crippen LogP contribution in [-0.2, 0) is 23.1 Å². The summed E-state index contributed by atoms with van der Waals surface area (Å²) >= 11 is 0. The normalized spacial score (nSPS) is 21.8. The fourth-order valence-corrected chi connectivity index (χ4v) is 4.64. The fourth-order valence-electron chi connectivity index (χ4n) is 4.64. The lowest BCUT2D eigenvalue weighted by molar-refractivity contribution is -0.116. The first-order valence-electron chi connectivity index (χ1n) is 10.2. The number of benzene rings is 2. The molecular weight excluding hydrogens is 372 g/mol. The van der Waals surface area contributed by atoms with E-state index >= 15 is 0 Å². The van der Waals surface area contributed by atoms with E-state index in [9.17, 15) is 9.90 Å². The van der Waals surface area contributed by atoms with Crippen molar-refractivity contribution in [3.63, 3.8) is 0 Å². The smallest absolute Gasteiger partial charge is 0.167 e. The van der Waals surface area contributed by atoms with E-state index in [1.165, 1.54) is 0 Å². The highest BCUT2D eigenvalue weighted by Gasteiger charge is 2.51. The highest BCUT2D eigenvalue weighted by Crippen LogP contribution is 2.52. The summed E-state index contributed by atoms with van der Waals surface area (Å²) in [5.74, 6) is 0.892. The molecule has 3 nitrogen and oxygen atoms in total. The lowest BCUT2D eigenvalue weighted by Crippen LogP contribution is -2.41. The molecule has 2 aromatic rings. The van der Waals surface area contributed by atoms with Crippen molar-refractivity contribution in [2.45, 2.75) is 37.2 Å². The molecular formula is C27H26O3. The minimum absolute atomic E-state index is 0.0233. The molecule has 0 bridgehead atoms. The molecule has 1 aliphatic heterocycles. The Kier molecular flexibility index (Phi) is 5.21. The molecule has 0 amide bonds. The van der Waals surface area contributed by atoms with Gasteiger partial charge in [0.25, 0.3) is 0 Å². The van der Waals surface area contributed by atoms with Gasteiger partial charge in [-0.2, -0.15) is 0 Å². The Morgan fingerprint density at radius 2 is 1.73 bits per heavy atom. The molecule has 0 spiro atoms. The quantitative estimate of drug-likeness (QED) is 0.628. The summed E-state index contributed by atoms with van der Waals surface area (Å²) in [6.45, 7) is 11.6. The zero-order valence-corrected chi connectivity index (χ0v) is 17.1. The summed E-state index contributed by atoms with van der Waals surface area (Å²) in [6, 6.07) is 11.6. The molecule has 0 saturated carbocycles. The van der Waals surface area contributed by atoms with Crippen LogP contribution in [0.3, 0.4) is 0 Å². The number of Topliss-reactive ketones (excluding diaryl/α,β-unsaturated/α-hetero) is 1. The minimum Gasteiger partial charge on any atom is -0.507 e. The van der Waals surface area contributed by atoms with Crippen molar-refractivity contribution < 1.29 is 14.6 Å². The van der Waals surface area contributed by atoms with Crippen LogP contribution in [0.5, 0.6) is 11.5 Å². The van der Waals surface area contributed by atoms with Gasteiger partial charge in [-0.05, 0) is 48.6 Å². The number of phenols is 1. The molecule has 2 atom stereocenters. The molecule has 1 heterocycles. The van der Waals surface area contributed by atoms with Crippen molar-refractivity contribution in [1.29, 1.82) is 0 Å². The number of fused-ring (bicyclic) bond motifs is 3. The number of hydrogen-bond acceptors (Lipinski definition) is 3. The molecule has 152 valence electrons. The van der Waals surface area contributed by atoms with E-state index in [2.05, 4.69) is 25.8 Å². The molecule has 0 saturated heterocycles. The third-order valence-corrected chi connectivity index (χ3v) is 6.06. The highest BCUT2D eigenvalue weighted by molar-refractivity contribution is 6.23. The first kappa shape index (κ1) is 20.0. The molecule has 2 aliphatic rings. The van der Waals surface area contributed by atoms with E-state index in [1.54, 1.807) is 6.07 Å². The summed E-state index contributed by atoms with van der Waals surface area (Å²) < 4.78 is 6.23. The third kappa shape index (κ3) is 3.21. The maximum atomic E-state index is 13.1. The Balaban J connectivity index is 1.90. The lowest BCUT2D eigenvalue weighted by Gasteiger charge is -2.35. The average molecular weight is 399 g/mol. The van der Waals surface area contributed by atoms with Gasteiger partial charge in [0.1, 0.15) is 17.6 Å². The van der Waals surface area contributed by atoms with Crippen LogP contribution in [-0.4, -0.2) is 17.0 Å². The Morgan fingerprint density at radius 3 is 2.43 bits per heavy atom. The summed E-state index contributed by atoms with van der Waals surface area (Å²) in [7, 11) is 0.